The topological polar surface area (TPSA) is 32.3 Å². The molecule has 0 aliphatic rings. The monoisotopic (exact) mass is 268 g/mol. The Labute approximate surface area is 119 Å². The van der Waals surface area contributed by atoms with Gasteiger partial charge in [0, 0.05) is 31.6 Å². The normalized spacial score (nSPS) is 12.4. The van der Waals surface area contributed by atoms with Gasteiger partial charge in [-0.1, -0.05) is 39.8 Å². The predicted molar refractivity (Wildman–Crippen MR) is 83.2 cm³/mol. The molecule has 0 atom stereocenters. The lowest BCUT2D eigenvalue weighted by molar-refractivity contribution is -0.130. The van der Waals surface area contributed by atoms with Gasteiger partial charge in [-0.05, 0) is 26.2 Å². The highest BCUT2D eigenvalue weighted by atomic mass is 16.2. The number of carbonyl (C=O) groups is 1. The zero-order valence-electron chi connectivity index (χ0n) is 13.9. The van der Waals surface area contributed by atoms with Gasteiger partial charge in [-0.25, -0.2) is 0 Å². The minimum absolute atomic E-state index is 0.0454. The summed E-state index contributed by atoms with van der Waals surface area (Å²) in [6.45, 7) is 21.0. The maximum absolute atomic E-state index is 12.0. The van der Waals surface area contributed by atoms with Crippen LogP contribution in [0.3, 0.4) is 0 Å². The summed E-state index contributed by atoms with van der Waals surface area (Å²) in [6.07, 6.45) is 0.549. The molecule has 0 aromatic rings. The highest BCUT2D eigenvalue weighted by Gasteiger charge is 2.20. The lowest BCUT2D eigenvalue weighted by atomic mass is 9.87. The van der Waals surface area contributed by atoms with E-state index in [4.69, 9.17) is 0 Å². The van der Waals surface area contributed by atoms with Crippen molar-refractivity contribution in [3.8, 4) is 0 Å². The van der Waals surface area contributed by atoms with E-state index >= 15 is 0 Å². The van der Waals surface area contributed by atoms with Crippen LogP contribution in [0.2, 0.25) is 0 Å². The number of nitrogens with one attached hydrogen (secondary N) is 1. The molecule has 0 rings (SSSR count). The van der Waals surface area contributed by atoms with Crippen LogP contribution in [0.5, 0.6) is 0 Å². The Hall–Kier alpha value is -0.830. The molecular formula is C16H32N2O. The summed E-state index contributed by atoms with van der Waals surface area (Å²) in [7, 11) is 0. The van der Waals surface area contributed by atoms with E-state index in [2.05, 4.69) is 53.4 Å². The Morgan fingerprint density at radius 2 is 1.68 bits per heavy atom. The van der Waals surface area contributed by atoms with E-state index in [1.807, 2.05) is 11.8 Å². The van der Waals surface area contributed by atoms with E-state index in [0.717, 1.165) is 18.7 Å². The Morgan fingerprint density at radius 1 is 1.16 bits per heavy atom. The molecule has 0 fully saturated rings. The van der Waals surface area contributed by atoms with Gasteiger partial charge in [-0.3, -0.25) is 4.79 Å². The van der Waals surface area contributed by atoms with Crippen molar-refractivity contribution in [2.75, 3.05) is 19.6 Å². The highest BCUT2D eigenvalue weighted by Crippen LogP contribution is 2.24. The molecule has 0 aromatic heterocycles. The molecule has 3 nitrogen and oxygen atoms in total. The van der Waals surface area contributed by atoms with Crippen molar-refractivity contribution >= 4 is 5.91 Å². The van der Waals surface area contributed by atoms with Crippen molar-refractivity contribution in [1.82, 2.24) is 10.2 Å². The van der Waals surface area contributed by atoms with Crippen LogP contribution in [0.25, 0.3) is 0 Å². The molecule has 3 heteroatoms. The van der Waals surface area contributed by atoms with E-state index in [-0.39, 0.29) is 16.9 Å². The fourth-order valence-corrected chi connectivity index (χ4v) is 1.55. The first-order valence-corrected chi connectivity index (χ1v) is 7.18. The summed E-state index contributed by atoms with van der Waals surface area (Å²) in [5, 5.41) is 3.42. The smallest absolute Gasteiger partial charge is 0.222 e. The van der Waals surface area contributed by atoms with Crippen LogP contribution < -0.4 is 5.32 Å². The van der Waals surface area contributed by atoms with Gasteiger partial charge in [0.25, 0.3) is 0 Å². The maximum atomic E-state index is 12.0. The van der Waals surface area contributed by atoms with Crippen LogP contribution in [0.15, 0.2) is 12.2 Å². The summed E-state index contributed by atoms with van der Waals surface area (Å²) in [5.41, 5.74) is 1.23. The molecule has 0 heterocycles. The third kappa shape index (κ3) is 8.04. The molecule has 0 bridgehead atoms. The van der Waals surface area contributed by atoms with E-state index in [1.165, 1.54) is 0 Å². The third-order valence-corrected chi connectivity index (χ3v) is 3.13. The Morgan fingerprint density at radius 3 is 2.05 bits per heavy atom. The summed E-state index contributed by atoms with van der Waals surface area (Å²) in [6, 6.07) is 0. The zero-order valence-corrected chi connectivity index (χ0v) is 13.9. The van der Waals surface area contributed by atoms with Gasteiger partial charge >= 0.3 is 0 Å². The van der Waals surface area contributed by atoms with Gasteiger partial charge < -0.3 is 10.2 Å². The fraction of sp³-hybridized carbons (Fsp3) is 0.812. The van der Waals surface area contributed by atoms with Gasteiger partial charge in [0.2, 0.25) is 5.91 Å². The molecule has 0 spiro atoms. The van der Waals surface area contributed by atoms with Crippen molar-refractivity contribution in [2.24, 2.45) is 5.41 Å². The minimum atomic E-state index is 0.0454. The zero-order chi connectivity index (χ0) is 15.3. The average Bonchev–Trinajstić information content (AvgIpc) is 2.23. The fourth-order valence-electron chi connectivity index (χ4n) is 1.55. The summed E-state index contributed by atoms with van der Waals surface area (Å²) in [5.74, 6) is 0.195. The SMILES string of the molecule is C=C(CN(CCNC(C)(C)C)C(=O)CC)C(C)(C)C. The first kappa shape index (κ1) is 18.2. The number of nitrogens with zero attached hydrogens (tertiary/aromatic N) is 1. The third-order valence-electron chi connectivity index (χ3n) is 3.13. The lowest BCUT2D eigenvalue weighted by Gasteiger charge is -2.30. The second-order valence-electron chi connectivity index (χ2n) is 7.20. The number of hydrogen-bond donors (Lipinski definition) is 1. The van der Waals surface area contributed by atoms with E-state index in [0.29, 0.717) is 13.0 Å². The Kier molecular flexibility index (Phi) is 6.78. The summed E-state index contributed by atoms with van der Waals surface area (Å²) < 4.78 is 0. The van der Waals surface area contributed by atoms with Crippen LogP contribution in [-0.4, -0.2) is 36.0 Å². The van der Waals surface area contributed by atoms with Gasteiger partial charge in [-0.15, -0.1) is 0 Å². The van der Waals surface area contributed by atoms with Crippen molar-refractivity contribution in [2.45, 2.75) is 60.4 Å². The van der Waals surface area contributed by atoms with Crippen molar-refractivity contribution in [3.63, 3.8) is 0 Å². The van der Waals surface area contributed by atoms with Crippen LogP contribution >= 0.6 is 0 Å². The second kappa shape index (κ2) is 7.09. The van der Waals surface area contributed by atoms with Crippen molar-refractivity contribution < 1.29 is 4.79 Å². The van der Waals surface area contributed by atoms with Gasteiger partial charge in [0.15, 0.2) is 0 Å². The second-order valence-corrected chi connectivity index (χ2v) is 7.20. The molecule has 0 unspecified atom stereocenters. The number of rotatable bonds is 6. The lowest BCUT2D eigenvalue weighted by Crippen LogP contribution is -2.44. The van der Waals surface area contributed by atoms with E-state index < -0.39 is 0 Å². The molecule has 112 valence electrons. The molecule has 19 heavy (non-hydrogen) atoms. The Balaban J connectivity index is 4.49. The first-order chi connectivity index (χ1) is 8.47. The van der Waals surface area contributed by atoms with E-state index in [1.54, 1.807) is 0 Å². The molecule has 0 aliphatic heterocycles. The van der Waals surface area contributed by atoms with Gasteiger partial charge in [0.05, 0.1) is 0 Å². The molecule has 1 N–H and O–H groups in total. The van der Waals surface area contributed by atoms with Gasteiger partial charge in [-0.2, -0.15) is 0 Å². The van der Waals surface area contributed by atoms with Crippen LogP contribution in [0.4, 0.5) is 0 Å². The van der Waals surface area contributed by atoms with E-state index in [9.17, 15) is 4.79 Å². The molecule has 1 amide bonds. The highest BCUT2D eigenvalue weighted by molar-refractivity contribution is 5.76. The standard InChI is InChI=1S/C16H32N2O/c1-9-14(19)18(11-10-17-16(6,7)8)12-13(2)15(3,4)5/h17H,2,9-12H2,1,3-8H3. The van der Waals surface area contributed by atoms with Crippen LogP contribution in [0.1, 0.15) is 54.9 Å². The number of hydrogen-bond acceptors (Lipinski definition) is 2. The average molecular weight is 268 g/mol. The summed E-state index contributed by atoms with van der Waals surface area (Å²) >= 11 is 0. The largest absolute Gasteiger partial charge is 0.337 e. The van der Waals surface area contributed by atoms with Crippen molar-refractivity contribution in [1.29, 1.82) is 0 Å². The molecule has 0 radical (unpaired) electrons. The predicted octanol–water partition coefficient (Wildman–Crippen LogP) is 3.22. The van der Waals surface area contributed by atoms with Crippen LogP contribution in [-0.2, 0) is 4.79 Å². The number of amides is 1. The first-order valence-electron chi connectivity index (χ1n) is 7.18. The molecular weight excluding hydrogens is 236 g/mol. The number of carbonyl (C=O) groups excluding carboxylic acids is 1. The summed E-state index contributed by atoms with van der Waals surface area (Å²) in [4.78, 5) is 13.9. The van der Waals surface area contributed by atoms with Crippen molar-refractivity contribution in [3.05, 3.63) is 12.2 Å². The molecule has 0 saturated heterocycles. The Bertz CT molecular complexity index is 308. The maximum Gasteiger partial charge on any atom is 0.222 e. The molecule has 0 aromatic carbocycles. The minimum Gasteiger partial charge on any atom is -0.337 e. The quantitative estimate of drug-likeness (QED) is 0.750. The molecule has 0 saturated carbocycles. The van der Waals surface area contributed by atoms with Gasteiger partial charge in [0.1, 0.15) is 0 Å². The van der Waals surface area contributed by atoms with Crippen LogP contribution in [0, 0.1) is 5.41 Å². The molecule has 0 aliphatic carbocycles.